The van der Waals surface area contributed by atoms with Crippen molar-refractivity contribution < 1.29 is 0 Å². The second-order valence-corrected chi connectivity index (χ2v) is 10.7. The summed E-state index contributed by atoms with van der Waals surface area (Å²) in [4.78, 5) is 0. The maximum atomic E-state index is 2.56. The maximum Gasteiger partial charge on any atom is 0.0842 e. The Bertz CT molecular complexity index is 405. The zero-order valence-electron chi connectivity index (χ0n) is 10.2. The highest BCUT2D eigenvalue weighted by Crippen LogP contribution is 2.51. The van der Waals surface area contributed by atoms with Crippen molar-refractivity contribution in [2.75, 3.05) is 0 Å². The van der Waals surface area contributed by atoms with E-state index >= 15 is 0 Å². The van der Waals surface area contributed by atoms with Gasteiger partial charge in [0.15, 0.2) is 0 Å². The van der Waals surface area contributed by atoms with Gasteiger partial charge in [-0.25, -0.2) is 0 Å². The molecule has 3 atom stereocenters. The minimum atomic E-state index is -1.25. The fourth-order valence-corrected chi connectivity index (χ4v) is 7.38. The van der Waals surface area contributed by atoms with Crippen molar-refractivity contribution in [3.8, 4) is 0 Å². The summed E-state index contributed by atoms with van der Waals surface area (Å²) < 4.78 is 0. The molecule has 16 heavy (non-hydrogen) atoms. The third-order valence-corrected chi connectivity index (χ3v) is 9.06. The molecule has 3 unspecified atom stereocenters. The van der Waals surface area contributed by atoms with Crippen LogP contribution in [0.1, 0.15) is 12.8 Å². The molecule has 0 amide bonds. The summed E-state index contributed by atoms with van der Waals surface area (Å²) in [7, 11) is -1.25. The van der Waals surface area contributed by atoms with E-state index < -0.39 is 8.07 Å². The lowest BCUT2D eigenvalue weighted by atomic mass is 10.1. The summed E-state index contributed by atoms with van der Waals surface area (Å²) in [6.45, 7) is 5.11. The number of fused-ring (bicyclic) bond motifs is 2. The highest BCUT2D eigenvalue weighted by molar-refractivity contribution is 6.91. The fraction of sp³-hybridized carbons (Fsp3) is 0.467. The second kappa shape index (κ2) is 3.59. The Morgan fingerprint density at radius 2 is 1.75 bits per heavy atom. The van der Waals surface area contributed by atoms with Gasteiger partial charge in [-0.3, -0.25) is 0 Å². The van der Waals surface area contributed by atoms with Crippen LogP contribution in [-0.4, -0.2) is 8.07 Å². The van der Waals surface area contributed by atoms with Gasteiger partial charge < -0.3 is 0 Å². The smallest absolute Gasteiger partial charge is 0.0842 e. The molecule has 1 heteroatoms. The second-order valence-electron chi connectivity index (χ2n) is 5.97. The predicted octanol–water partition coefficient (Wildman–Crippen LogP) is 3.57. The Labute approximate surface area is 99.4 Å². The van der Waals surface area contributed by atoms with E-state index in [1.165, 1.54) is 12.8 Å². The Balaban J connectivity index is 1.91. The monoisotopic (exact) mass is 228 g/mol. The van der Waals surface area contributed by atoms with Gasteiger partial charge in [0.2, 0.25) is 0 Å². The lowest BCUT2D eigenvalue weighted by Crippen LogP contribution is -2.47. The van der Waals surface area contributed by atoms with Gasteiger partial charge in [0.05, 0.1) is 8.07 Å². The third kappa shape index (κ3) is 1.49. The van der Waals surface area contributed by atoms with Gasteiger partial charge in [-0.1, -0.05) is 60.8 Å². The van der Waals surface area contributed by atoms with Crippen LogP contribution in [-0.2, 0) is 0 Å². The van der Waals surface area contributed by atoms with E-state index in [0.29, 0.717) is 0 Å². The molecular weight excluding hydrogens is 208 g/mol. The van der Waals surface area contributed by atoms with Crippen molar-refractivity contribution in [1.29, 1.82) is 0 Å². The van der Waals surface area contributed by atoms with Crippen LogP contribution in [0.3, 0.4) is 0 Å². The summed E-state index contributed by atoms with van der Waals surface area (Å²) in [6.07, 6.45) is 7.84. The first kappa shape index (κ1) is 10.3. The molecule has 2 bridgehead atoms. The van der Waals surface area contributed by atoms with Crippen LogP contribution in [0, 0.1) is 11.8 Å². The molecule has 2 aliphatic rings. The molecule has 0 nitrogen and oxygen atoms in total. The normalized spacial score (nSPS) is 32.2. The topological polar surface area (TPSA) is 0 Å². The molecule has 0 N–H and O–H groups in total. The number of rotatable bonds is 2. The van der Waals surface area contributed by atoms with Crippen molar-refractivity contribution in [3.05, 3.63) is 42.5 Å². The van der Waals surface area contributed by atoms with Crippen molar-refractivity contribution in [2.24, 2.45) is 11.8 Å². The average molecular weight is 228 g/mol. The van der Waals surface area contributed by atoms with Crippen molar-refractivity contribution in [1.82, 2.24) is 0 Å². The van der Waals surface area contributed by atoms with Crippen LogP contribution in [0.25, 0.3) is 0 Å². The van der Waals surface area contributed by atoms with Crippen molar-refractivity contribution in [3.63, 3.8) is 0 Å². The van der Waals surface area contributed by atoms with Gasteiger partial charge in [0, 0.05) is 0 Å². The first-order chi connectivity index (χ1) is 7.68. The van der Waals surface area contributed by atoms with E-state index in [4.69, 9.17) is 0 Å². The molecule has 0 saturated heterocycles. The van der Waals surface area contributed by atoms with Gasteiger partial charge >= 0.3 is 0 Å². The minimum Gasteiger partial charge on any atom is -0.0851 e. The molecule has 1 aromatic carbocycles. The summed E-state index contributed by atoms with van der Waals surface area (Å²) in [5, 5.41) is 1.64. The quantitative estimate of drug-likeness (QED) is 0.536. The van der Waals surface area contributed by atoms with E-state index in [2.05, 4.69) is 55.6 Å². The highest BCUT2D eigenvalue weighted by Gasteiger charge is 2.45. The molecule has 0 radical (unpaired) electrons. The molecule has 0 aliphatic heterocycles. The van der Waals surface area contributed by atoms with Gasteiger partial charge in [-0.05, 0) is 30.2 Å². The predicted molar refractivity (Wildman–Crippen MR) is 72.7 cm³/mol. The molecule has 84 valence electrons. The standard InChI is InChI=1S/C15H20Si/c1-16(2,14-6-4-3-5-7-14)15-11-12-8-9-13(15)10-12/h3-9,12-13,15H,10-11H2,1-2H3. The Morgan fingerprint density at radius 1 is 1.00 bits per heavy atom. The number of benzene rings is 1. The first-order valence-corrected chi connectivity index (χ1v) is 9.49. The zero-order chi connectivity index (χ0) is 11.2. The zero-order valence-corrected chi connectivity index (χ0v) is 11.2. The number of hydrogen-bond acceptors (Lipinski definition) is 0. The lowest BCUT2D eigenvalue weighted by molar-refractivity contribution is 0.678. The summed E-state index contributed by atoms with van der Waals surface area (Å²) in [5.74, 6) is 1.80. The molecule has 1 aromatic rings. The van der Waals surface area contributed by atoms with Crippen LogP contribution < -0.4 is 5.19 Å². The van der Waals surface area contributed by atoms with Gasteiger partial charge in [-0.15, -0.1) is 0 Å². The van der Waals surface area contributed by atoms with E-state index in [-0.39, 0.29) is 0 Å². The van der Waals surface area contributed by atoms with Gasteiger partial charge in [0.25, 0.3) is 0 Å². The molecule has 1 saturated carbocycles. The van der Waals surface area contributed by atoms with Crippen molar-refractivity contribution in [2.45, 2.75) is 31.5 Å². The third-order valence-electron chi connectivity index (χ3n) is 4.72. The largest absolute Gasteiger partial charge is 0.0851 e. The Hall–Kier alpha value is -0.823. The van der Waals surface area contributed by atoms with Gasteiger partial charge in [-0.2, -0.15) is 0 Å². The molecular formula is C15H20Si. The molecule has 2 aliphatic carbocycles. The summed E-state index contributed by atoms with van der Waals surface area (Å²) >= 11 is 0. The Kier molecular flexibility index (Phi) is 2.32. The molecule has 0 aromatic heterocycles. The minimum absolute atomic E-state index is 0.895. The lowest BCUT2D eigenvalue weighted by Gasteiger charge is -2.34. The van der Waals surface area contributed by atoms with E-state index in [9.17, 15) is 0 Å². The van der Waals surface area contributed by atoms with E-state index in [1.807, 2.05) is 0 Å². The number of hydrogen-bond donors (Lipinski definition) is 0. The molecule has 0 spiro atoms. The SMILES string of the molecule is C[Si](C)(c1ccccc1)C1CC2C=CC1C2. The fourth-order valence-electron chi connectivity index (χ4n) is 3.69. The highest BCUT2D eigenvalue weighted by atomic mass is 28.3. The molecule has 1 fully saturated rings. The van der Waals surface area contributed by atoms with Crippen LogP contribution in [0.2, 0.25) is 18.6 Å². The molecule has 3 rings (SSSR count). The first-order valence-electron chi connectivity index (χ1n) is 6.42. The average Bonchev–Trinajstić information content (AvgIpc) is 2.92. The Morgan fingerprint density at radius 3 is 2.31 bits per heavy atom. The van der Waals surface area contributed by atoms with Crippen LogP contribution >= 0.6 is 0 Å². The van der Waals surface area contributed by atoms with E-state index in [0.717, 1.165) is 17.4 Å². The summed E-state index contributed by atoms with van der Waals surface area (Å²) in [5.41, 5.74) is 0.977. The van der Waals surface area contributed by atoms with Crippen LogP contribution in [0.15, 0.2) is 42.5 Å². The summed E-state index contributed by atoms with van der Waals surface area (Å²) in [6, 6.07) is 11.2. The molecule has 0 heterocycles. The van der Waals surface area contributed by atoms with Crippen LogP contribution in [0.5, 0.6) is 0 Å². The van der Waals surface area contributed by atoms with Crippen molar-refractivity contribution >= 4 is 13.3 Å². The van der Waals surface area contributed by atoms with E-state index in [1.54, 1.807) is 5.19 Å². The number of allylic oxidation sites excluding steroid dienone is 2. The van der Waals surface area contributed by atoms with Crippen LogP contribution in [0.4, 0.5) is 0 Å². The maximum absolute atomic E-state index is 2.56. The van der Waals surface area contributed by atoms with Gasteiger partial charge in [0.1, 0.15) is 0 Å².